The van der Waals surface area contributed by atoms with E-state index in [-0.39, 0.29) is 0 Å². The topological polar surface area (TPSA) is 38.9 Å². The zero-order chi connectivity index (χ0) is 28.1. The summed E-state index contributed by atoms with van der Waals surface area (Å²) in [6.07, 6.45) is 1.83. The Bertz CT molecular complexity index is 2610. The first-order chi connectivity index (χ1) is 21.3. The summed E-state index contributed by atoms with van der Waals surface area (Å²) in [4.78, 5) is 9.68. The van der Waals surface area contributed by atoms with Crippen molar-refractivity contribution in [2.45, 2.75) is 0 Å². The van der Waals surface area contributed by atoms with Crippen LogP contribution in [-0.2, 0) is 0 Å². The molecule has 6 aromatic carbocycles. The highest BCUT2D eigenvalue weighted by Crippen LogP contribution is 2.53. The van der Waals surface area contributed by atoms with Crippen molar-refractivity contribution in [2.24, 2.45) is 0 Å². The van der Waals surface area contributed by atoms with Crippen molar-refractivity contribution in [1.82, 2.24) is 9.97 Å². The smallest absolute Gasteiger partial charge is 0.143 e. The molecule has 10 rings (SSSR count). The van der Waals surface area contributed by atoms with Gasteiger partial charge in [-0.05, 0) is 57.6 Å². The highest BCUT2D eigenvalue weighted by atomic mass is 16.3. The van der Waals surface area contributed by atoms with Crippen LogP contribution in [0.15, 0.2) is 138 Å². The van der Waals surface area contributed by atoms with E-state index in [4.69, 9.17) is 9.40 Å². The number of fused-ring (bicyclic) bond motifs is 10. The summed E-state index contributed by atoms with van der Waals surface area (Å²) in [6.45, 7) is 0. The van der Waals surface area contributed by atoms with E-state index in [2.05, 4.69) is 120 Å². The largest absolute Gasteiger partial charge is 0.455 e. The third kappa shape index (κ3) is 3.14. The van der Waals surface area contributed by atoms with Gasteiger partial charge in [0.05, 0.1) is 16.7 Å². The van der Waals surface area contributed by atoms with Crippen LogP contribution in [0.1, 0.15) is 0 Å². The molecular weight excluding hydrogens is 524 g/mol. The predicted octanol–water partition coefficient (Wildman–Crippen LogP) is 10.8. The van der Waals surface area contributed by atoms with Gasteiger partial charge in [-0.25, -0.2) is 4.98 Å². The molecule has 3 aromatic heterocycles. The lowest BCUT2D eigenvalue weighted by Crippen LogP contribution is -1.89. The molecule has 0 N–H and O–H groups in total. The highest BCUT2D eigenvalue weighted by molar-refractivity contribution is 6.27. The van der Waals surface area contributed by atoms with Crippen LogP contribution in [0.3, 0.4) is 0 Å². The Hall–Kier alpha value is -5.80. The van der Waals surface area contributed by atoms with Crippen LogP contribution in [0.5, 0.6) is 0 Å². The summed E-state index contributed by atoms with van der Waals surface area (Å²) < 4.78 is 6.41. The second-order valence-electron chi connectivity index (χ2n) is 11.3. The summed E-state index contributed by atoms with van der Waals surface area (Å²) in [7, 11) is 0. The fourth-order valence-corrected chi connectivity index (χ4v) is 7.09. The van der Waals surface area contributed by atoms with Crippen molar-refractivity contribution < 1.29 is 4.42 Å². The molecule has 1 aliphatic carbocycles. The molecule has 3 nitrogen and oxygen atoms in total. The first-order valence-electron chi connectivity index (χ1n) is 14.6. The van der Waals surface area contributed by atoms with Crippen LogP contribution in [0.2, 0.25) is 0 Å². The number of hydrogen-bond donors (Lipinski definition) is 0. The number of furan rings is 1. The van der Waals surface area contributed by atoms with Gasteiger partial charge in [-0.1, -0.05) is 103 Å². The number of nitrogens with zero attached hydrogens (tertiary/aromatic N) is 2. The number of para-hydroxylation sites is 1. The third-order valence-electron chi connectivity index (χ3n) is 9.05. The van der Waals surface area contributed by atoms with Crippen LogP contribution >= 0.6 is 0 Å². The Labute approximate surface area is 246 Å². The molecule has 0 saturated heterocycles. The van der Waals surface area contributed by atoms with E-state index in [0.717, 1.165) is 49.6 Å². The lowest BCUT2D eigenvalue weighted by molar-refractivity contribution is 0.672. The van der Waals surface area contributed by atoms with Crippen molar-refractivity contribution in [2.75, 3.05) is 0 Å². The molecule has 0 amide bonds. The molecule has 0 unspecified atom stereocenters. The van der Waals surface area contributed by atoms with Crippen LogP contribution < -0.4 is 0 Å². The number of aromatic nitrogens is 2. The molecule has 0 bridgehead atoms. The van der Waals surface area contributed by atoms with Gasteiger partial charge in [0.15, 0.2) is 0 Å². The summed E-state index contributed by atoms with van der Waals surface area (Å²) in [6, 6.07) is 45.3. The van der Waals surface area contributed by atoms with E-state index in [1.54, 1.807) is 0 Å². The molecule has 9 aromatic rings. The van der Waals surface area contributed by atoms with Gasteiger partial charge >= 0.3 is 0 Å². The van der Waals surface area contributed by atoms with Crippen molar-refractivity contribution in [1.29, 1.82) is 0 Å². The van der Waals surface area contributed by atoms with Crippen molar-refractivity contribution in [3.8, 4) is 44.6 Å². The molecule has 0 radical (unpaired) electrons. The van der Waals surface area contributed by atoms with Gasteiger partial charge in [0.2, 0.25) is 0 Å². The van der Waals surface area contributed by atoms with Crippen LogP contribution in [0.25, 0.3) is 99.2 Å². The molecule has 0 aliphatic heterocycles. The first kappa shape index (κ1) is 22.8. The van der Waals surface area contributed by atoms with E-state index in [9.17, 15) is 0 Å². The minimum absolute atomic E-state index is 0.932. The van der Waals surface area contributed by atoms with Crippen molar-refractivity contribution >= 4 is 54.5 Å². The number of benzene rings is 6. The highest BCUT2D eigenvalue weighted by Gasteiger charge is 2.27. The second-order valence-corrected chi connectivity index (χ2v) is 11.3. The van der Waals surface area contributed by atoms with E-state index < -0.39 is 0 Å². The molecule has 0 fully saturated rings. The Morgan fingerprint density at radius 1 is 0.488 bits per heavy atom. The molecule has 43 heavy (non-hydrogen) atoms. The minimum Gasteiger partial charge on any atom is -0.455 e. The quantitative estimate of drug-likeness (QED) is 0.202. The fraction of sp³-hybridized carbons (Fsp3) is 0. The molecule has 3 heterocycles. The summed E-state index contributed by atoms with van der Waals surface area (Å²) in [5.74, 6) is 0. The van der Waals surface area contributed by atoms with E-state index in [1.807, 2.05) is 18.3 Å². The third-order valence-corrected chi connectivity index (χ3v) is 9.05. The average molecular weight is 547 g/mol. The van der Waals surface area contributed by atoms with Crippen LogP contribution in [-0.4, -0.2) is 9.97 Å². The maximum Gasteiger partial charge on any atom is 0.143 e. The minimum atomic E-state index is 0.932. The maximum absolute atomic E-state index is 6.41. The molecule has 0 saturated carbocycles. The Morgan fingerprint density at radius 3 is 2.16 bits per heavy atom. The Morgan fingerprint density at radius 2 is 1.23 bits per heavy atom. The summed E-state index contributed by atoms with van der Waals surface area (Å²) in [5.41, 5.74) is 13.3. The normalized spacial score (nSPS) is 12.2. The SMILES string of the molecule is c1cc(-c2ccc(-c3ccc4ccc5cccnc5c4n3)cc2)c2c(c1)-c1cc3c4ccccc4oc3c3cccc-2c13. The van der Waals surface area contributed by atoms with Crippen LogP contribution in [0.4, 0.5) is 0 Å². The molecule has 0 atom stereocenters. The van der Waals surface area contributed by atoms with E-state index >= 15 is 0 Å². The van der Waals surface area contributed by atoms with Gasteiger partial charge in [0.25, 0.3) is 0 Å². The number of pyridine rings is 2. The molecule has 3 heteroatoms. The van der Waals surface area contributed by atoms with E-state index in [1.165, 1.54) is 49.5 Å². The number of hydrogen-bond acceptors (Lipinski definition) is 3. The maximum atomic E-state index is 6.41. The van der Waals surface area contributed by atoms with Gasteiger partial charge in [0, 0.05) is 44.1 Å². The zero-order valence-electron chi connectivity index (χ0n) is 23.0. The first-order valence-corrected chi connectivity index (χ1v) is 14.6. The standard InChI is InChI=1S/C40H22N2O/c1-2-12-35-28(7-1)33-22-32-29-9-3-8-27(36(29)30-10-4-11-31(37(30)32)40(33)43-35)23-13-15-24(16-14-23)34-20-19-26-18-17-25-6-5-21-41-38(25)39(26)42-34/h1-22H. The van der Waals surface area contributed by atoms with Gasteiger partial charge in [0.1, 0.15) is 11.2 Å². The molecule has 0 spiro atoms. The second kappa shape index (κ2) is 8.37. The Kier molecular flexibility index (Phi) is 4.45. The lowest BCUT2D eigenvalue weighted by atomic mass is 9.92. The molecule has 198 valence electrons. The summed E-state index contributed by atoms with van der Waals surface area (Å²) >= 11 is 0. The lowest BCUT2D eigenvalue weighted by Gasteiger charge is -2.12. The van der Waals surface area contributed by atoms with Gasteiger partial charge in [-0.15, -0.1) is 0 Å². The molecule has 1 aliphatic rings. The van der Waals surface area contributed by atoms with Crippen molar-refractivity contribution in [3.05, 3.63) is 134 Å². The molecular formula is C40H22N2O. The van der Waals surface area contributed by atoms with Crippen LogP contribution in [0, 0.1) is 0 Å². The Balaban J connectivity index is 1.12. The van der Waals surface area contributed by atoms with Gasteiger partial charge in [-0.3, -0.25) is 4.98 Å². The fourth-order valence-electron chi connectivity index (χ4n) is 7.09. The van der Waals surface area contributed by atoms with Gasteiger partial charge in [-0.2, -0.15) is 0 Å². The summed E-state index contributed by atoms with van der Waals surface area (Å²) in [5, 5.41) is 6.97. The van der Waals surface area contributed by atoms with Crippen molar-refractivity contribution in [3.63, 3.8) is 0 Å². The number of rotatable bonds is 2. The van der Waals surface area contributed by atoms with Gasteiger partial charge < -0.3 is 4.42 Å². The average Bonchev–Trinajstić information content (AvgIpc) is 3.62. The predicted molar refractivity (Wildman–Crippen MR) is 177 cm³/mol. The zero-order valence-corrected chi connectivity index (χ0v) is 23.0. The monoisotopic (exact) mass is 546 g/mol. The van der Waals surface area contributed by atoms with E-state index in [0.29, 0.717) is 0 Å².